The molecule has 0 bridgehead atoms. The molecule has 0 aliphatic carbocycles. The van der Waals surface area contributed by atoms with Crippen LogP contribution in [0.2, 0.25) is 0 Å². The summed E-state index contributed by atoms with van der Waals surface area (Å²) in [5.74, 6) is -4.00. The number of benzene rings is 3. The summed E-state index contributed by atoms with van der Waals surface area (Å²) in [5.41, 5.74) is -0.220. The number of hydrogen-bond acceptors (Lipinski definition) is 5. The van der Waals surface area contributed by atoms with Gasteiger partial charge in [0.2, 0.25) is 0 Å². The molecule has 174 valence electrons. The topological polar surface area (TPSA) is 87.1 Å². The van der Waals surface area contributed by atoms with Crippen LogP contribution in [0.1, 0.15) is 30.5 Å². The maximum Gasteiger partial charge on any atom is 0.300 e. The Hall–Kier alpha value is -4.20. The summed E-state index contributed by atoms with van der Waals surface area (Å²) in [6, 6.07) is 13.2. The van der Waals surface area contributed by atoms with Crippen molar-refractivity contribution >= 4 is 23.1 Å². The second-order valence-corrected chi connectivity index (χ2v) is 7.73. The number of carbonyl (C=O) groups is 2. The molecule has 8 heteroatoms. The van der Waals surface area contributed by atoms with Crippen molar-refractivity contribution in [3.63, 3.8) is 0 Å². The molecule has 1 heterocycles. The molecule has 1 aliphatic heterocycles. The molecule has 4 rings (SSSR count). The molecular formula is C26H21F2NO5. The summed E-state index contributed by atoms with van der Waals surface area (Å²) in [4.78, 5) is 27.0. The Morgan fingerprint density at radius 2 is 1.76 bits per heavy atom. The number of nitrogens with zero attached hydrogens (tertiary/aromatic N) is 1. The number of hydrogen-bond donors (Lipinski definition) is 2. The van der Waals surface area contributed by atoms with Crippen molar-refractivity contribution in [3.8, 4) is 11.5 Å². The number of halogens is 2. The summed E-state index contributed by atoms with van der Waals surface area (Å²) in [6.45, 7) is 2.38. The van der Waals surface area contributed by atoms with Crippen molar-refractivity contribution in [3.05, 3.63) is 95.1 Å². The number of carbonyl (C=O) groups excluding carboxylic acids is 2. The van der Waals surface area contributed by atoms with Gasteiger partial charge in [-0.25, -0.2) is 8.78 Å². The van der Waals surface area contributed by atoms with E-state index < -0.39 is 40.8 Å². The molecule has 0 saturated carbocycles. The van der Waals surface area contributed by atoms with E-state index in [1.165, 1.54) is 36.4 Å². The molecule has 0 aromatic heterocycles. The Labute approximate surface area is 194 Å². The van der Waals surface area contributed by atoms with Gasteiger partial charge in [0.15, 0.2) is 0 Å². The zero-order valence-electron chi connectivity index (χ0n) is 18.2. The van der Waals surface area contributed by atoms with Gasteiger partial charge in [-0.1, -0.05) is 31.2 Å². The van der Waals surface area contributed by atoms with Gasteiger partial charge in [-0.15, -0.1) is 0 Å². The fourth-order valence-electron chi connectivity index (χ4n) is 3.83. The first-order chi connectivity index (χ1) is 16.3. The first-order valence-electron chi connectivity index (χ1n) is 10.6. The molecule has 1 amide bonds. The van der Waals surface area contributed by atoms with E-state index in [-0.39, 0.29) is 16.9 Å². The van der Waals surface area contributed by atoms with Crippen molar-refractivity contribution in [2.45, 2.75) is 19.4 Å². The fraction of sp³-hybridized carbons (Fsp3) is 0.154. The normalized spacial score (nSPS) is 17.3. The average Bonchev–Trinajstić information content (AvgIpc) is 3.09. The lowest BCUT2D eigenvalue weighted by atomic mass is 9.95. The van der Waals surface area contributed by atoms with Crippen LogP contribution < -0.4 is 9.64 Å². The third-order valence-electron chi connectivity index (χ3n) is 5.40. The van der Waals surface area contributed by atoms with Crippen molar-refractivity contribution in [1.29, 1.82) is 0 Å². The highest BCUT2D eigenvalue weighted by molar-refractivity contribution is 6.51. The van der Waals surface area contributed by atoms with E-state index in [4.69, 9.17) is 4.74 Å². The third kappa shape index (κ3) is 4.22. The summed E-state index contributed by atoms with van der Waals surface area (Å²) in [7, 11) is 0. The van der Waals surface area contributed by atoms with Gasteiger partial charge in [0.25, 0.3) is 11.7 Å². The van der Waals surface area contributed by atoms with Crippen molar-refractivity contribution in [2.24, 2.45) is 0 Å². The monoisotopic (exact) mass is 465 g/mol. The van der Waals surface area contributed by atoms with Crippen molar-refractivity contribution in [2.75, 3.05) is 11.5 Å². The number of ketones is 1. The Balaban J connectivity index is 1.92. The van der Waals surface area contributed by atoms with Crippen LogP contribution in [-0.2, 0) is 9.59 Å². The predicted octanol–water partition coefficient (Wildman–Crippen LogP) is 5.09. The lowest BCUT2D eigenvalue weighted by Crippen LogP contribution is -2.30. The van der Waals surface area contributed by atoms with E-state index in [0.717, 1.165) is 29.5 Å². The lowest BCUT2D eigenvalue weighted by Gasteiger charge is -2.26. The van der Waals surface area contributed by atoms with Crippen molar-refractivity contribution in [1.82, 2.24) is 0 Å². The number of aliphatic hydroxyl groups is 1. The van der Waals surface area contributed by atoms with E-state index in [9.17, 15) is 28.6 Å². The molecular weight excluding hydrogens is 444 g/mol. The first-order valence-corrected chi connectivity index (χ1v) is 10.6. The maximum atomic E-state index is 14.7. The van der Waals surface area contributed by atoms with Gasteiger partial charge in [-0.05, 0) is 48.4 Å². The minimum Gasteiger partial charge on any atom is -0.508 e. The van der Waals surface area contributed by atoms with Crippen molar-refractivity contribution < 1.29 is 33.3 Å². The van der Waals surface area contributed by atoms with Crippen LogP contribution in [0.25, 0.3) is 5.76 Å². The number of aromatic hydroxyl groups is 1. The predicted molar refractivity (Wildman–Crippen MR) is 121 cm³/mol. The van der Waals surface area contributed by atoms with Crippen LogP contribution >= 0.6 is 0 Å². The third-order valence-corrected chi connectivity index (χ3v) is 5.40. The molecule has 1 unspecified atom stereocenters. The second-order valence-electron chi connectivity index (χ2n) is 7.73. The second kappa shape index (κ2) is 9.35. The Morgan fingerprint density at radius 1 is 1.03 bits per heavy atom. The number of rotatable bonds is 6. The van der Waals surface area contributed by atoms with Crippen LogP contribution in [0.5, 0.6) is 11.5 Å². The largest absolute Gasteiger partial charge is 0.508 e. The smallest absolute Gasteiger partial charge is 0.300 e. The van der Waals surface area contributed by atoms with E-state index >= 15 is 0 Å². The molecule has 0 spiro atoms. The summed E-state index contributed by atoms with van der Waals surface area (Å²) >= 11 is 0. The average molecular weight is 465 g/mol. The highest BCUT2D eigenvalue weighted by Gasteiger charge is 2.47. The van der Waals surface area contributed by atoms with Crippen LogP contribution in [0, 0.1) is 11.6 Å². The Kier molecular flexibility index (Phi) is 6.32. The van der Waals surface area contributed by atoms with E-state index in [1.54, 1.807) is 12.1 Å². The summed E-state index contributed by atoms with van der Waals surface area (Å²) in [6.07, 6.45) is 0.765. The van der Waals surface area contributed by atoms with Crippen LogP contribution in [-0.4, -0.2) is 28.5 Å². The molecule has 1 aliphatic rings. The molecule has 1 atom stereocenters. The maximum absolute atomic E-state index is 14.7. The number of phenols is 1. The zero-order chi connectivity index (χ0) is 24.4. The van der Waals surface area contributed by atoms with Crippen LogP contribution in [0.15, 0.2) is 72.3 Å². The molecule has 1 fully saturated rings. The van der Waals surface area contributed by atoms with Gasteiger partial charge in [0.1, 0.15) is 28.9 Å². The minimum absolute atomic E-state index is 0.0709. The van der Waals surface area contributed by atoms with Gasteiger partial charge < -0.3 is 14.9 Å². The number of Topliss-reactive ketones (excluding diaryl/α,β-unsaturated/α-hetero) is 1. The van der Waals surface area contributed by atoms with Gasteiger partial charge in [-0.2, -0.15) is 0 Å². The Bertz CT molecular complexity index is 1290. The molecule has 34 heavy (non-hydrogen) atoms. The number of aliphatic hydroxyl groups excluding tert-OH is 1. The molecule has 0 radical (unpaired) electrons. The highest BCUT2D eigenvalue weighted by Crippen LogP contribution is 2.43. The summed E-state index contributed by atoms with van der Waals surface area (Å²) < 4.78 is 34.3. The van der Waals surface area contributed by atoms with Gasteiger partial charge in [0.05, 0.1) is 23.9 Å². The number of ether oxygens (including phenoxy) is 1. The van der Waals surface area contributed by atoms with Gasteiger partial charge in [0, 0.05) is 11.6 Å². The first kappa shape index (κ1) is 23.0. The number of anilines is 1. The molecule has 2 N–H and O–H groups in total. The summed E-state index contributed by atoms with van der Waals surface area (Å²) in [5, 5.41) is 20.8. The molecule has 6 nitrogen and oxygen atoms in total. The molecule has 3 aromatic rings. The quantitative estimate of drug-likeness (QED) is 0.301. The number of phenolic OH excluding ortho intramolecular Hbond substituents is 1. The minimum atomic E-state index is -1.27. The SMILES string of the molecule is CCCOc1cccc(/C(O)=C2\C(=O)C(=O)N(c3cc(F)ccc3F)C2c2ccc(O)cc2)c1. The van der Waals surface area contributed by atoms with Gasteiger partial charge in [-0.3, -0.25) is 14.5 Å². The molecule has 3 aromatic carbocycles. The van der Waals surface area contributed by atoms with E-state index in [2.05, 4.69) is 0 Å². The molecule has 1 saturated heterocycles. The van der Waals surface area contributed by atoms with Crippen LogP contribution in [0.4, 0.5) is 14.5 Å². The zero-order valence-corrected chi connectivity index (χ0v) is 18.2. The fourth-order valence-corrected chi connectivity index (χ4v) is 3.83. The highest BCUT2D eigenvalue weighted by atomic mass is 19.1. The number of amides is 1. The van der Waals surface area contributed by atoms with E-state index in [0.29, 0.717) is 17.9 Å². The van der Waals surface area contributed by atoms with Crippen LogP contribution in [0.3, 0.4) is 0 Å². The Morgan fingerprint density at radius 3 is 2.47 bits per heavy atom. The lowest BCUT2D eigenvalue weighted by molar-refractivity contribution is -0.132. The standard InChI is InChI=1S/C26H21F2NO5/c1-2-12-34-19-5-3-4-16(13-19)24(31)22-23(15-6-9-18(30)10-7-15)29(26(33)25(22)32)21-14-17(27)8-11-20(21)28/h3-11,13-14,23,30-31H,2,12H2,1H3/b24-22+. The van der Waals surface area contributed by atoms with Gasteiger partial charge >= 0.3 is 0 Å². The van der Waals surface area contributed by atoms with E-state index in [1.807, 2.05) is 6.92 Å².